The number of carbonyl (C=O) groups excluding carboxylic acids is 2. The van der Waals surface area contributed by atoms with E-state index in [9.17, 15) is 9.59 Å². The van der Waals surface area contributed by atoms with Gasteiger partial charge in [-0.05, 0) is 38.6 Å². The molecule has 0 aromatic heterocycles. The summed E-state index contributed by atoms with van der Waals surface area (Å²) in [5.74, 6) is 0.0862. The van der Waals surface area contributed by atoms with Gasteiger partial charge in [-0.2, -0.15) is 0 Å². The molecule has 1 saturated carbocycles. The Morgan fingerprint density at radius 3 is 2.79 bits per heavy atom. The summed E-state index contributed by atoms with van der Waals surface area (Å²) < 4.78 is 0. The number of hydrogen-bond donors (Lipinski definition) is 1. The first-order valence-corrected chi connectivity index (χ1v) is 7.38. The number of nitrogens with two attached hydrogens (primary N) is 1. The lowest BCUT2D eigenvalue weighted by Gasteiger charge is -2.48. The molecule has 0 aromatic rings. The van der Waals surface area contributed by atoms with Crippen molar-refractivity contribution in [2.75, 3.05) is 26.2 Å². The molecular weight excluding hydrogens is 242 g/mol. The normalized spacial score (nSPS) is 32.8. The van der Waals surface area contributed by atoms with E-state index < -0.39 is 0 Å². The largest absolute Gasteiger partial charge is 0.369 e. The Labute approximate surface area is 114 Å². The monoisotopic (exact) mass is 265 g/mol. The van der Waals surface area contributed by atoms with Gasteiger partial charge in [0.2, 0.25) is 11.8 Å². The summed E-state index contributed by atoms with van der Waals surface area (Å²) in [5, 5.41) is 0. The van der Waals surface area contributed by atoms with Crippen LogP contribution in [0.4, 0.5) is 0 Å². The lowest BCUT2D eigenvalue weighted by Crippen LogP contribution is -2.55. The zero-order valence-electron chi connectivity index (χ0n) is 11.4. The predicted octanol–water partition coefficient (Wildman–Crippen LogP) is 0.339. The fourth-order valence-electron chi connectivity index (χ4n) is 3.76. The van der Waals surface area contributed by atoms with Gasteiger partial charge in [-0.1, -0.05) is 0 Å². The van der Waals surface area contributed by atoms with E-state index in [2.05, 4.69) is 9.80 Å². The molecule has 1 atom stereocenters. The van der Waals surface area contributed by atoms with Gasteiger partial charge in [0.25, 0.3) is 0 Å². The molecule has 0 radical (unpaired) electrons. The predicted molar refractivity (Wildman–Crippen MR) is 71.3 cm³/mol. The number of hydrogen-bond acceptors (Lipinski definition) is 3. The molecule has 2 N–H and O–H groups in total. The van der Waals surface area contributed by atoms with Crippen molar-refractivity contribution < 1.29 is 9.59 Å². The fraction of sp³-hybridized carbons (Fsp3) is 0.857. The van der Waals surface area contributed by atoms with Crippen LogP contribution < -0.4 is 5.73 Å². The number of amides is 2. The van der Waals surface area contributed by atoms with Crippen molar-refractivity contribution in [1.82, 2.24) is 9.80 Å². The van der Waals surface area contributed by atoms with Crippen molar-refractivity contribution >= 4 is 11.8 Å². The van der Waals surface area contributed by atoms with Crippen molar-refractivity contribution in [2.45, 2.75) is 44.6 Å². The third kappa shape index (κ3) is 2.76. The van der Waals surface area contributed by atoms with Gasteiger partial charge in [0.05, 0.1) is 6.54 Å². The molecule has 2 heterocycles. The van der Waals surface area contributed by atoms with Gasteiger partial charge >= 0.3 is 0 Å². The number of rotatable bonds is 3. The number of carbonyl (C=O) groups is 2. The highest BCUT2D eigenvalue weighted by Crippen LogP contribution is 2.42. The molecule has 2 saturated heterocycles. The van der Waals surface area contributed by atoms with Crippen LogP contribution in [0.5, 0.6) is 0 Å². The molecular formula is C14H23N3O2. The summed E-state index contributed by atoms with van der Waals surface area (Å²) in [5.41, 5.74) is 5.52. The van der Waals surface area contributed by atoms with Gasteiger partial charge in [-0.15, -0.1) is 0 Å². The van der Waals surface area contributed by atoms with Crippen LogP contribution in [-0.2, 0) is 9.59 Å². The number of primary amides is 1. The fourth-order valence-corrected chi connectivity index (χ4v) is 3.76. The van der Waals surface area contributed by atoms with Gasteiger partial charge in [0.1, 0.15) is 0 Å². The zero-order chi connectivity index (χ0) is 13.5. The van der Waals surface area contributed by atoms with Crippen molar-refractivity contribution in [2.24, 2.45) is 11.1 Å². The van der Waals surface area contributed by atoms with Gasteiger partial charge < -0.3 is 10.6 Å². The highest BCUT2D eigenvalue weighted by molar-refractivity contribution is 5.78. The molecule has 3 aliphatic rings. The van der Waals surface area contributed by atoms with Crippen LogP contribution in [0.3, 0.4) is 0 Å². The van der Waals surface area contributed by atoms with Gasteiger partial charge in [-0.3, -0.25) is 14.5 Å². The first-order chi connectivity index (χ1) is 9.08. The Morgan fingerprint density at radius 1 is 1.32 bits per heavy atom. The third-order valence-electron chi connectivity index (χ3n) is 4.80. The van der Waals surface area contributed by atoms with E-state index in [1.54, 1.807) is 0 Å². The Balaban J connectivity index is 1.67. The second-order valence-electron chi connectivity index (χ2n) is 6.53. The molecule has 2 amide bonds. The van der Waals surface area contributed by atoms with Gasteiger partial charge in [0, 0.05) is 31.0 Å². The van der Waals surface area contributed by atoms with Crippen LogP contribution in [0.2, 0.25) is 0 Å². The maximum absolute atomic E-state index is 12.0. The van der Waals surface area contributed by atoms with Gasteiger partial charge in [-0.25, -0.2) is 0 Å². The smallest absolute Gasteiger partial charge is 0.231 e. The topological polar surface area (TPSA) is 66.6 Å². The summed E-state index contributed by atoms with van der Waals surface area (Å²) in [7, 11) is 0. The highest BCUT2D eigenvalue weighted by atomic mass is 16.2. The minimum absolute atomic E-state index is 0.212. The van der Waals surface area contributed by atoms with Crippen LogP contribution in [-0.4, -0.2) is 53.8 Å². The summed E-state index contributed by atoms with van der Waals surface area (Å²) in [4.78, 5) is 27.4. The van der Waals surface area contributed by atoms with Crippen LogP contribution in [0.15, 0.2) is 0 Å². The molecule has 0 aromatic carbocycles. The van der Waals surface area contributed by atoms with E-state index in [4.69, 9.17) is 5.73 Å². The first-order valence-electron chi connectivity index (χ1n) is 7.38. The van der Waals surface area contributed by atoms with E-state index in [0.717, 1.165) is 32.5 Å². The molecule has 1 spiro atoms. The van der Waals surface area contributed by atoms with Crippen LogP contribution in [0, 0.1) is 5.41 Å². The third-order valence-corrected chi connectivity index (χ3v) is 4.80. The molecule has 1 aliphatic carbocycles. The molecule has 19 heavy (non-hydrogen) atoms. The standard InChI is InChI=1S/C14H23N3O2/c15-12(18)8-16-7-1-5-14(9-16)6-4-13(19)17(10-14)11-2-3-11/h11H,1-10H2,(H2,15,18)/t14-/m1/s1. The van der Waals surface area contributed by atoms with E-state index >= 15 is 0 Å². The number of nitrogens with zero attached hydrogens (tertiary/aromatic N) is 2. The number of piperidine rings is 2. The van der Waals surface area contributed by atoms with Crippen molar-refractivity contribution in [1.29, 1.82) is 0 Å². The van der Waals surface area contributed by atoms with Crippen LogP contribution in [0.25, 0.3) is 0 Å². The SMILES string of the molecule is NC(=O)CN1CCC[C@@]2(CCC(=O)N(C3CC3)C2)C1. The quantitative estimate of drug-likeness (QED) is 0.800. The maximum Gasteiger partial charge on any atom is 0.231 e. The Hall–Kier alpha value is -1.10. The summed E-state index contributed by atoms with van der Waals surface area (Å²) >= 11 is 0. The zero-order valence-corrected chi connectivity index (χ0v) is 11.4. The van der Waals surface area contributed by atoms with Crippen LogP contribution >= 0.6 is 0 Å². The van der Waals surface area contributed by atoms with Crippen LogP contribution in [0.1, 0.15) is 38.5 Å². The van der Waals surface area contributed by atoms with E-state index in [1.807, 2.05) is 0 Å². The van der Waals surface area contributed by atoms with E-state index in [-0.39, 0.29) is 11.3 Å². The average molecular weight is 265 g/mol. The second-order valence-corrected chi connectivity index (χ2v) is 6.53. The minimum atomic E-state index is -0.247. The molecule has 106 valence electrons. The summed E-state index contributed by atoms with van der Waals surface area (Å²) in [6, 6.07) is 0.510. The Bertz CT molecular complexity index is 394. The lowest BCUT2D eigenvalue weighted by atomic mass is 9.73. The molecule has 3 rings (SSSR count). The maximum atomic E-state index is 12.0. The molecule has 0 bridgehead atoms. The lowest BCUT2D eigenvalue weighted by molar-refractivity contribution is -0.140. The molecule has 5 nitrogen and oxygen atoms in total. The molecule has 2 aliphatic heterocycles. The minimum Gasteiger partial charge on any atom is -0.369 e. The Kier molecular flexibility index (Phi) is 3.25. The second kappa shape index (κ2) is 4.78. The first kappa shape index (κ1) is 12.9. The summed E-state index contributed by atoms with van der Waals surface area (Å²) in [6.45, 7) is 3.14. The van der Waals surface area contributed by atoms with E-state index in [1.165, 1.54) is 19.3 Å². The molecule has 5 heteroatoms. The van der Waals surface area contributed by atoms with E-state index in [0.29, 0.717) is 24.9 Å². The van der Waals surface area contributed by atoms with Crippen molar-refractivity contribution in [3.8, 4) is 0 Å². The highest BCUT2D eigenvalue weighted by Gasteiger charge is 2.45. The summed E-state index contributed by atoms with van der Waals surface area (Å²) in [6.07, 6.45) is 6.30. The van der Waals surface area contributed by atoms with Gasteiger partial charge in [0.15, 0.2) is 0 Å². The molecule has 0 unspecified atom stereocenters. The average Bonchev–Trinajstić information content (AvgIpc) is 3.16. The van der Waals surface area contributed by atoms with Crippen molar-refractivity contribution in [3.63, 3.8) is 0 Å². The Morgan fingerprint density at radius 2 is 2.11 bits per heavy atom. The number of likely N-dealkylation sites (tertiary alicyclic amines) is 2. The van der Waals surface area contributed by atoms with Crippen molar-refractivity contribution in [3.05, 3.63) is 0 Å². The molecule has 3 fully saturated rings.